The Morgan fingerprint density at radius 1 is 1.13 bits per heavy atom. The summed E-state index contributed by atoms with van der Waals surface area (Å²) in [4.78, 5) is 0. The third-order valence-electron chi connectivity index (χ3n) is 1.94. The van der Waals surface area contributed by atoms with Crippen LogP contribution in [0, 0.1) is 17.5 Å². The molecule has 6 heteroatoms. The minimum Gasteiger partial charge on any atom is -0.229 e. The van der Waals surface area contributed by atoms with Crippen molar-refractivity contribution in [2.24, 2.45) is 0 Å². The Morgan fingerprint density at radius 3 is 2.20 bits per heavy atom. The summed E-state index contributed by atoms with van der Waals surface area (Å²) >= 11 is 0. The van der Waals surface area contributed by atoms with Gasteiger partial charge in [-0.15, -0.1) is 0 Å². The van der Waals surface area contributed by atoms with Crippen LogP contribution < -0.4 is 0 Å². The van der Waals surface area contributed by atoms with Gasteiger partial charge in [-0.05, 0) is 12.1 Å². The molecule has 0 unspecified atom stereocenters. The average molecular weight is 238 g/mol. The van der Waals surface area contributed by atoms with Gasteiger partial charge in [0, 0.05) is 11.3 Å². The maximum absolute atomic E-state index is 13.0. The van der Waals surface area contributed by atoms with Crippen LogP contribution in [0.1, 0.15) is 12.5 Å². The molecule has 0 aliphatic rings. The second-order valence-corrected chi connectivity index (χ2v) is 5.35. The van der Waals surface area contributed by atoms with E-state index in [1.807, 2.05) is 0 Å². The van der Waals surface area contributed by atoms with Crippen molar-refractivity contribution in [2.45, 2.75) is 12.7 Å². The van der Waals surface area contributed by atoms with Gasteiger partial charge in [-0.2, -0.15) is 0 Å². The fourth-order valence-corrected chi connectivity index (χ4v) is 1.93. The second-order valence-electron chi connectivity index (χ2n) is 3.00. The van der Waals surface area contributed by atoms with Crippen molar-refractivity contribution in [2.75, 3.05) is 5.75 Å². The van der Waals surface area contributed by atoms with Crippen molar-refractivity contribution in [3.63, 3.8) is 0 Å². The van der Waals surface area contributed by atoms with Crippen molar-refractivity contribution in [1.82, 2.24) is 0 Å². The molecule has 15 heavy (non-hydrogen) atoms. The zero-order valence-corrected chi connectivity index (χ0v) is 8.74. The van der Waals surface area contributed by atoms with E-state index in [1.54, 1.807) is 0 Å². The summed E-state index contributed by atoms with van der Waals surface area (Å²) in [6, 6.07) is 1.33. The Labute approximate surface area is 85.6 Å². The highest BCUT2D eigenvalue weighted by Gasteiger charge is 2.19. The van der Waals surface area contributed by atoms with Crippen LogP contribution in [0.25, 0.3) is 0 Å². The van der Waals surface area contributed by atoms with Crippen LogP contribution in [0.3, 0.4) is 0 Å². The Hall–Kier alpha value is -1.04. The number of hydrogen-bond acceptors (Lipinski definition) is 2. The summed E-state index contributed by atoms with van der Waals surface area (Å²) in [6.45, 7) is 1.35. The molecule has 84 valence electrons. The largest absolute Gasteiger partial charge is 0.229 e. The Bertz CT molecular complexity index is 468. The van der Waals surface area contributed by atoms with E-state index >= 15 is 0 Å². The van der Waals surface area contributed by atoms with Gasteiger partial charge in [0.25, 0.3) is 0 Å². The molecule has 0 aromatic heterocycles. The van der Waals surface area contributed by atoms with Gasteiger partial charge in [0.2, 0.25) is 0 Å². The summed E-state index contributed by atoms with van der Waals surface area (Å²) in [7, 11) is -3.58. The number of hydrogen-bond donors (Lipinski definition) is 0. The van der Waals surface area contributed by atoms with Gasteiger partial charge in [0.1, 0.15) is 5.82 Å². The van der Waals surface area contributed by atoms with Gasteiger partial charge in [-0.1, -0.05) is 6.92 Å². The van der Waals surface area contributed by atoms with Crippen LogP contribution in [-0.4, -0.2) is 14.2 Å². The van der Waals surface area contributed by atoms with Crippen molar-refractivity contribution in [3.8, 4) is 0 Å². The number of halogens is 3. The second kappa shape index (κ2) is 4.22. The fourth-order valence-electron chi connectivity index (χ4n) is 1.02. The summed E-state index contributed by atoms with van der Waals surface area (Å²) < 4.78 is 61.0. The average Bonchev–Trinajstić information content (AvgIpc) is 2.19. The zero-order valence-electron chi connectivity index (χ0n) is 7.93. The molecule has 0 atom stereocenters. The lowest BCUT2D eigenvalue weighted by atomic mass is 10.2. The first-order chi connectivity index (χ1) is 6.87. The molecule has 0 radical (unpaired) electrons. The molecule has 0 aliphatic heterocycles. The molecule has 1 rings (SSSR count). The number of rotatable bonds is 3. The monoisotopic (exact) mass is 238 g/mol. The van der Waals surface area contributed by atoms with Crippen molar-refractivity contribution in [1.29, 1.82) is 0 Å². The predicted octanol–water partition coefficient (Wildman–Crippen LogP) is 2.04. The highest BCUT2D eigenvalue weighted by molar-refractivity contribution is 7.90. The molecular weight excluding hydrogens is 229 g/mol. The molecule has 0 fully saturated rings. The van der Waals surface area contributed by atoms with Crippen molar-refractivity contribution < 1.29 is 21.6 Å². The highest BCUT2D eigenvalue weighted by Crippen LogP contribution is 2.18. The highest BCUT2D eigenvalue weighted by atomic mass is 32.2. The van der Waals surface area contributed by atoms with Crippen LogP contribution >= 0.6 is 0 Å². The van der Waals surface area contributed by atoms with E-state index in [4.69, 9.17) is 0 Å². The Kier molecular flexibility index (Phi) is 3.38. The molecule has 0 saturated carbocycles. The first-order valence-electron chi connectivity index (χ1n) is 4.20. The van der Waals surface area contributed by atoms with Crippen LogP contribution in [-0.2, 0) is 15.6 Å². The molecule has 0 saturated heterocycles. The SMILES string of the molecule is CCS(=O)(=O)Cc1c(F)ccc(F)c1F. The molecule has 0 heterocycles. The van der Waals surface area contributed by atoms with E-state index in [9.17, 15) is 21.6 Å². The van der Waals surface area contributed by atoms with Gasteiger partial charge < -0.3 is 0 Å². The summed E-state index contributed by atoms with van der Waals surface area (Å²) in [6.07, 6.45) is 0. The van der Waals surface area contributed by atoms with Gasteiger partial charge in [-0.25, -0.2) is 21.6 Å². The Balaban J connectivity index is 3.21. The lowest BCUT2D eigenvalue weighted by Gasteiger charge is -2.05. The minimum absolute atomic E-state index is 0.248. The molecule has 0 bridgehead atoms. The molecule has 0 spiro atoms. The standard InChI is InChI=1S/C9H9F3O2S/c1-2-15(13,14)5-6-7(10)3-4-8(11)9(6)12/h3-4H,2,5H2,1H3. The van der Waals surface area contributed by atoms with Crippen molar-refractivity contribution in [3.05, 3.63) is 35.1 Å². The first-order valence-corrected chi connectivity index (χ1v) is 6.02. The van der Waals surface area contributed by atoms with E-state index in [-0.39, 0.29) is 5.75 Å². The normalized spacial score (nSPS) is 11.7. The third-order valence-corrected chi connectivity index (χ3v) is 3.55. The van der Waals surface area contributed by atoms with Gasteiger partial charge in [0.15, 0.2) is 21.5 Å². The van der Waals surface area contributed by atoms with Crippen molar-refractivity contribution >= 4 is 9.84 Å². The van der Waals surface area contributed by atoms with Gasteiger partial charge in [-0.3, -0.25) is 0 Å². The molecule has 1 aromatic carbocycles. The first kappa shape index (κ1) is 12.0. The quantitative estimate of drug-likeness (QED) is 0.755. The summed E-state index contributed by atoms with van der Waals surface area (Å²) in [5.41, 5.74) is -0.739. The number of benzene rings is 1. The van der Waals surface area contributed by atoms with Crippen LogP contribution in [0.15, 0.2) is 12.1 Å². The van der Waals surface area contributed by atoms with E-state index in [2.05, 4.69) is 0 Å². The third kappa shape index (κ3) is 2.71. The smallest absolute Gasteiger partial charge is 0.165 e. The maximum atomic E-state index is 13.0. The molecule has 0 N–H and O–H groups in total. The molecule has 1 aromatic rings. The topological polar surface area (TPSA) is 34.1 Å². The van der Waals surface area contributed by atoms with Crippen LogP contribution in [0.5, 0.6) is 0 Å². The van der Waals surface area contributed by atoms with E-state index in [1.165, 1.54) is 6.92 Å². The molecule has 2 nitrogen and oxygen atoms in total. The summed E-state index contributed by atoms with van der Waals surface area (Å²) in [5, 5.41) is 0. The number of sulfone groups is 1. The lowest BCUT2D eigenvalue weighted by Crippen LogP contribution is -2.10. The minimum atomic E-state index is -3.58. The van der Waals surface area contributed by atoms with Gasteiger partial charge >= 0.3 is 0 Å². The molecule has 0 amide bonds. The lowest BCUT2D eigenvalue weighted by molar-refractivity contribution is 0.483. The molecular formula is C9H9F3O2S. The zero-order chi connectivity index (χ0) is 11.6. The predicted molar refractivity (Wildman–Crippen MR) is 49.5 cm³/mol. The van der Waals surface area contributed by atoms with Gasteiger partial charge in [0.05, 0.1) is 5.75 Å². The van der Waals surface area contributed by atoms with E-state index in [0.29, 0.717) is 12.1 Å². The summed E-state index contributed by atoms with van der Waals surface area (Å²) in [5.74, 6) is -4.81. The van der Waals surface area contributed by atoms with E-state index in [0.717, 1.165) is 0 Å². The Morgan fingerprint density at radius 2 is 1.67 bits per heavy atom. The fraction of sp³-hybridized carbons (Fsp3) is 0.333. The molecule has 0 aliphatic carbocycles. The van der Waals surface area contributed by atoms with Crippen LogP contribution in [0.4, 0.5) is 13.2 Å². The maximum Gasteiger partial charge on any atom is 0.165 e. The van der Waals surface area contributed by atoms with E-state index < -0.39 is 38.6 Å². The van der Waals surface area contributed by atoms with Crippen LogP contribution in [0.2, 0.25) is 0 Å².